The Morgan fingerprint density at radius 1 is 1.13 bits per heavy atom. The highest BCUT2D eigenvalue weighted by atomic mass is 16.7. The molecule has 0 bridgehead atoms. The third-order valence-corrected chi connectivity index (χ3v) is 4.23. The van der Waals surface area contributed by atoms with E-state index in [-0.39, 0.29) is 5.79 Å². The number of carbonyl (C=O) groups is 1. The van der Waals surface area contributed by atoms with Gasteiger partial charge in [-0.15, -0.1) is 0 Å². The van der Waals surface area contributed by atoms with E-state index >= 15 is 0 Å². The van der Waals surface area contributed by atoms with Crippen LogP contribution in [0.5, 0.6) is 0 Å². The van der Waals surface area contributed by atoms with E-state index in [9.17, 15) is 4.79 Å². The van der Waals surface area contributed by atoms with E-state index in [1.165, 1.54) is 0 Å². The summed E-state index contributed by atoms with van der Waals surface area (Å²) < 4.78 is 11.5. The Kier molecular flexibility index (Phi) is 2.33. The Labute approximate surface area is 90.1 Å². The minimum atomic E-state index is -0.262. The van der Waals surface area contributed by atoms with E-state index in [1.807, 2.05) is 0 Å². The largest absolute Gasteiger partial charge is 0.348 e. The molecule has 3 aliphatic rings. The minimum absolute atomic E-state index is 0.262. The number of hydrogen-bond donors (Lipinski definition) is 0. The zero-order chi connectivity index (χ0) is 10.3. The average molecular weight is 210 g/mol. The van der Waals surface area contributed by atoms with Crippen LogP contribution in [0.15, 0.2) is 0 Å². The highest BCUT2D eigenvalue weighted by Gasteiger charge is 2.46. The van der Waals surface area contributed by atoms with Gasteiger partial charge in [0.05, 0.1) is 13.2 Å². The topological polar surface area (TPSA) is 35.5 Å². The van der Waals surface area contributed by atoms with Crippen LogP contribution in [0, 0.1) is 11.8 Å². The predicted molar refractivity (Wildman–Crippen MR) is 54.3 cm³/mol. The molecule has 0 aromatic carbocycles. The van der Waals surface area contributed by atoms with Crippen molar-refractivity contribution < 1.29 is 14.3 Å². The summed E-state index contributed by atoms with van der Waals surface area (Å²) >= 11 is 0. The molecule has 15 heavy (non-hydrogen) atoms. The second-order valence-electron chi connectivity index (χ2n) is 5.15. The number of fused-ring (bicyclic) bond motifs is 1. The maximum Gasteiger partial charge on any atom is 0.168 e. The van der Waals surface area contributed by atoms with Gasteiger partial charge < -0.3 is 9.47 Å². The Morgan fingerprint density at radius 3 is 2.73 bits per heavy atom. The zero-order valence-corrected chi connectivity index (χ0v) is 9.04. The third-order valence-electron chi connectivity index (χ3n) is 4.23. The second kappa shape index (κ2) is 3.56. The normalized spacial score (nSPS) is 39.3. The summed E-state index contributed by atoms with van der Waals surface area (Å²) in [6.07, 6.45) is 5.75. The van der Waals surface area contributed by atoms with Crippen molar-refractivity contribution in [1.82, 2.24) is 0 Å². The van der Waals surface area contributed by atoms with E-state index in [2.05, 4.69) is 0 Å². The molecule has 1 spiro atoms. The Balaban J connectivity index is 1.70. The number of carbonyl (C=O) groups excluding carboxylic acids is 1. The molecule has 1 aliphatic heterocycles. The molecule has 84 valence electrons. The first-order chi connectivity index (χ1) is 7.27. The molecule has 0 unspecified atom stereocenters. The van der Waals surface area contributed by atoms with Crippen molar-refractivity contribution in [2.75, 3.05) is 13.2 Å². The van der Waals surface area contributed by atoms with Gasteiger partial charge in [0.25, 0.3) is 0 Å². The summed E-state index contributed by atoms with van der Waals surface area (Å²) in [6.45, 7) is 1.49. The predicted octanol–water partition coefficient (Wildman–Crippen LogP) is 1.90. The number of Topliss-reactive ketones (excluding diaryl/α,β-unsaturated/α-hetero) is 1. The van der Waals surface area contributed by atoms with Gasteiger partial charge in [0, 0.05) is 25.7 Å². The molecule has 3 fully saturated rings. The van der Waals surface area contributed by atoms with Gasteiger partial charge in [-0.25, -0.2) is 0 Å². The van der Waals surface area contributed by atoms with Crippen LogP contribution < -0.4 is 0 Å². The van der Waals surface area contributed by atoms with Crippen LogP contribution in [0.25, 0.3) is 0 Å². The molecule has 0 aromatic heterocycles. The first kappa shape index (κ1) is 9.79. The summed E-state index contributed by atoms with van der Waals surface area (Å²) in [6, 6.07) is 0. The maximum atomic E-state index is 11.4. The minimum Gasteiger partial charge on any atom is -0.348 e. The molecule has 0 radical (unpaired) electrons. The van der Waals surface area contributed by atoms with Crippen LogP contribution in [-0.4, -0.2) is 24.8 Å². The van der Waals surface area contributed by atoms with Crippen molar-refractivity contribution in [2.45, 2.75) is 44.3 Å². The molecular formula is C12H18O3. The van der Waals surface area contributed by atoms with Crippen molar-refractivity contribution in [3.8, 4) is 0 Å². The van der Waals surface area contributed by atoms with Crippen molar-refractivity contribution in [3.05, 3.63) is 0 Å². The summed E-state index contributed by atoms with van der Waals surface area (Å²) in [4.78, 5) is 11.4. The van der Waals surface area contributed by atoms with Gasteiger partial charge in [-0.2, -0.15) is 0 Å². The SMILES string of the molecule is O=C1CC[C@@H]2CC3(CC[C@H]2C1)OCCO3. The summed E-state index contributed by atoms with van der Waals surface area (Å²) in [5.74, 6) is 1.47. The standard InChI is InChI=1S/C12H18O3/c13-11-2-1-10-8-12(14-5-6-15-12)4-3-9(10)7-11/h9-10H,1-8H2/t9-,10+/m0/s1. The second-order valence-corrected chi connectivity index (χ2v) is 5.15. The Bertz CT molecular complexity index is 268. The molecular weight excluding hydrogens is 192 g/mol. The quantitative estimate of drug-likeness (QED) is 0.612. The lowest BCUT2D eigenvalue weighted by Crippen LogP contribution is -2.42. The molecule has 1 heterocycles. The smallest absolute Gasteiger partial charge is 0.168 e. The van der Waals surface area contributed by atoms with Gasteiger partial charge in [-0.3, -0.25) is 4.79 Å². The zero-order valence-electron chi connectivity index (χ0n) is 9.04. The summed E-state index contributed by atoms with van der Waals surface area (Å²) in [5.41, 5.74) is 0. The van der Waals surface area contributed by atoms with Crippen LogP contribution in [0.3, 0.4) is 0 Å². The van der Waals surface area contributed by atoms with Crippen LogP contribution >= 0.6 is 0 Å². The lowest BCUT2D eigenvalue weighted by molar-refractivity contribution is -0.198. The van der Waals surface area contributed by atoms with Crippen molar-refractivity contribution in [3.63, 3.8) is 0 Å². The van der Waals surface area contributed by atoms with Crippen molar-refractivity contribution >= 4 is 5.78 Å². The molecule has 3 rings (SSSR count). The lowest BCUT2D eigenvalue weighted by Gasteiger charge is -2.42. The van der Waals surface area contributed by atoms with Gasteiger partial charge in [0.1, 0.15) is 5.78 Å². The van der Waals surface area contributed by atoms with Crippen LogP contribution in [0.1, 0.15) is 38.5 Å². The van der Waals surface area contributed by atoms with Gasteiger partial charge >= 0.3 is 0 Å². The van der Waals surface area contributed by atoms with Gasteiger partial charge in [-0.05, 0) is 24.7 Å². The van der Waals surface area contributed by atoms with Crippen molar-refractivity contribution in [1.29, 1.82) is 0 Å². The first-order valence-corrected chi connectivity index (χ1v) is 6.07. The number of rotatable bonds is 0. The highest BCUT2D eigenvalue weighted by molar-refractivity contribution is 5.79. The molecule has 0 aromatic rings. The van der Waals surface area contributed by atoms with Gasteiger partial charge in [0.15, 0.2) is 5.79 Å². The van der Waals surface area contributed by atoms with Crippen LogP contribution in [0.2, 0.25) is 0 Å². The van der Waals surface area contributed by atoms with Gasteiger partial charge in [0.2, 0.25) is 0 Å². The fraction of sp³-hybridized carbons (Fsp3) is 0.917. The molecule has 0 amide bonds. The van der Waals surface area contributed by atoms with E-state index in [0.29, 0.717) is 17.6 Å². The number of hydrogen-bond acceptors (Lipinski definition) is 3. The van der Waals surface area contributed by atoms with E-state index < -0.39 is 0 Å². The molecule has 2 aliphatic carbocycles. The molecule has 3 nitrogen and oxygen atoms in total. The van der Waals surface area contributed by atoms with E-state index in [0.717, 1.165) is 51.7 Å². The van der Waals surface area contributed by atoms with Crippen molar-refractivity contribution in [2.24, 2.45) is 11.8 Å². The molecule has 3 heteroatoms. The molecule has 2 atom stereocenters. The molecule has 0 N–H and O–H groups in total. The molecule has 1 saturated heterocycles. The van der Waals surface area contributed by atoms with E-state index in [4.69, 9.17) is 9.47 Å². The maximum absolute atomic E-state index is 11.4. The monoisotopic (exact) mass is 210 g/mol. The van der Waals surface area contributed by atoms with Gasteiger partial charge in [-0.1, -0.05) is 0 Å². The lowest BCUT2D eigenvalue weighted by atomic mass is 9.68. The highest BCUT2D eigenvalue weighted by Crippen LogP contribution is 2.46. The number of ketones is 1. The summed E-state index contributed by atoms with van der Waals surface area (Å²) in [7, 11) is 0. The van der Waals surface area contributed by atoms with Crippen LogP contribution in [0.4, 0.5) is 0 Å². The number of ether oxygens (including phenoxy) is 2. The third kappa shape index (κ3) is 1.72. The summed E-state index contributed by atoms with van der Waals surface area (Å²) in [5, 5.41) is 0. The average Bonchev–Trinajstić information content (AvgIpc) is 2.67. The molecule has 2 saturated carbocycles. The fourth-order valence-corrected chi connectivity index (χ4v) is 3.42. The first-order valence-electron chi connectivity index (χ1n) is 6.07. The van der Waals surface area contributed by atoms with Crippen LogP contribution in [-0.2, 0) is 14.3 Å². The Hall–Kier alpha value is -0.410. The van der Waals surface area contributed by atoms with E-state index in [1.54, 1.807) is 0 Å². The Morgan fingerprint density at radius 2 is 1.93 bits per heavy atom. The fourth-order valence-electron chi connectivity index (χ4n) is 3.42.